The zero-order valence-electron chi connectivity index (χ0n) is 14.4. The molecule has 0 saturated heterocycles. The second-order valence-electron chi connectivity index (χ2n) is 6.67. The molecule has 2 amide bonds. The second kappa shape index (κ2) is 10.4. The van der Waals surface area contributed by atoms with E-state index in [0.717, 1.165) is 6.42 Å². The summed E-state index contributed by atoms with van der Waals surface area (Å²) >= 11 is 0. The molecule has 21 heavy (non-hydrogen) atoms. The summed E-state index contributed by atoms with van der Waals surface area (Å²) < 4.78 is 0. The number of nitrogens with one attached hydrogen (secondary N) is 2. The number of amides is 2. The van der Waals surface area contributed by atoms with Crippen molar-refractivity contribution < 1.29 is 9.59 Å². The van der Waals surface area contributed by atoms with Gasteiger partial charge in [-0.1, -0.05) is 40.7 Å². The fourth-order valence-corrected chi connectivity index (χ4v) is 2.36. The van der Waals surface area contributed by atoms with Gasteiger partial charge in [-0.25, -0.2) is 0 Å². The van der Waals surface area contributed by atoms with Crippen molar-refractivity contribution in [3.63, 3.8) is 0 Å². The average Bonchev–Trinajstić information content (AvgIpc) is 2.34. The normalized spacial score (nSPS) is 14.5. The third-order valence-electron chi connectivity index (χ3n) is 3.16. The lowest BCUT2D eigenvalue weighted by Gasteiger charge is -2.21. The first kappa shape index (κ1) is 19.7. The Morgan fingerprint density at radius 1 is 1.00 bits per heavy atom. The first-order chi connectivity index (χ1) is 9.76. The summed E-state index contributed by atoms with van der Waals surface area (Å²) in [4.78, 5) is 23.9. The highest BCUT2D eigenvalue weighted by Gasteiger charge is 2.21. The standard InChI is InChI=1S/C17H32N2O2/c1-7-8-16(20)19-15(10-13(4)5)17(21)18-11-14(6)9-12(2)3/h7-8,12-15H,9-11H2,1-6H3,(H,18,21)(H,19,20)/t14?,15-/m0/s1. The summed E-state index contributed by atoms with van der Waals surface area (Å²) in [5.41, 5.74) is 0. The SMILES string of the molecule is CC=CC(=O)N[C@@H](CC(C)C)C(=O)NCC(C)CC(C)C. The summed E-state index contributed by atoms with van der Waals surface area (Å²) in [6, 6.07) is -0.458. The van der Waals surface area contributed by atoms with E-state index in [-0.39, 0.29) is 11.8 Å². The molecule has 0 aliphatic heterocycles. The van der Waals surface area contributed by atoms with Crippen molar-refractivity contribution in [3.8, 4) is 0 Å². The second-order valence-corrected chi connectivity index (χ2v) is 6.67. The van der Waals surface area contributed by atoms with E-state index in [4.69, 9.17) is 0 Å². The van der Waals surface area contributed by atoms with Gasteiger partial charge in [0, 0.05) is 6.54 Å². The molecule has 0 aromatic heterocycles. The van der Waals surface area contributed by atoms with E-state index >= 15 is 0 Å². The molecule has 0 saturated carbocycles. The molecule has 0 radical (unpaired) electrons. The lowest BCUT2D eigenvalue weighted by Crippen LogP contribution is -2.47. The van der Waals surface area contributed by atoms with E-state index in [1.54, 1.807) is 13.0 Å². The van der Waals surface area contributed by atoms with Crippen LogP contribution in [0.4, 0.5) is 0 Å². The molecule has 0 aliphatic rings. The van der Waals surface area contributed by atoms with E-state index in [1.165, 1.54) is 6.08 Å². The van der Waals surface area contributed by atoms with Gasteiger partial charge in [0.25, 0.3) is 0 Å². The van der Waals surface area contributed by atoms with E-state index in [0.29, 0.717) is 30.7 Å². The molecular weight excluding hydrogens is 264 g/mol. The molecule has 4 nitrogen and oxygen atoms in total. The highest BCUT2D eigenvalue weighted by molar-refractivity contribution is 5.92. The number of rotatable bonds is 9. The van der Waals surface area contributed by atoms with Gasteiger partial charge in [0.15, 0.2) is 0 Å². The van der Waals surface area contributed by atoms with Crippen LogP contribution in [-0.2, 0) is 9.59 Å². The minimum absolute atomic E-state index is 0.0860. The Morgan fingerprint density at radius 2 is 1.57 bits per heavy atom. The summed E-state index contributed by atoms with van der Waals surface area (Å²) in [5.74, 6) is 1.11. The summed E-state index contributed by atoms with van der Waals surface area (Å²) in [7, 11) is 0. The van der Waals surface area contributed by atoms with Crippen molar-refractivity contribution >= 4 is 11.8 Å². The molecule has 0 fully saturated rings. The number of carbonyl (C=O) groups is 2. The van der Waals surface area contributed by atoms with Crippen molar-refractivity contribution in [2.24, 2.45) is 17.8 Å². The molecule has 0 spiro atoms. The van der Waals surface area contributed by atoms with Crippen LogP contribution < -0.4 is 10.6 Å². The molecule has 0 aromatic rings. The van der Waals surface area contributed by atoms with Gasteiger partial charge < -0.3 is 10.6 Å². The Kier molecular flexibility index (Phi) is 9.76. The van der Waals surface area contributed by atoms with Crippen LogP contribution in [0.5, 0.6) is 0 Å². The highest BCUT2D eigenvalue weighted by Crippen LogP contribution is 2.10. The molecule has 0 rings (SSSR count). The van der Waals surface area contributed by atoms with E-state index in [2.05, 4.69) is 31.4 Å². The van der Waals surface area contributed by atoms with Crippen LogP contribution in [0, 0.1) is 17.8 Å². The molecule has 0 bridgehead atoms. The average molecular weight is 296 g/mol. The fraction of sp³-hybridized carbons (Fsp3) is 0.765. The first-order valence-electron chi connectivity index (χ1n) is 7.97. The van der Waals surface area contributed by atoms with Crippen molar-refractivity contribution in [1.29, 1.82) is 0 Å². The van der Waals surface area contributed by atoms with Crippen molar-refractivity contribution in [2.75, 3.05) is 6.54 Å². The van der Waals surface area contributed by atoms with Gasteiger partial charge in [-0.2, -0.15) is 0 Å². The van der Waals surface area contributed by atoms with Crippen LogP contribution in [0.2, 0.25) is 0 Å². The molecule has 0 aromatic carbocycles. The Balaban J connectivity index is 4.47. The van der Waals surface area contributed by atoms with Crippen LogP contribution in [0.3, 0.4) is 0 Å². The zero-order chi connectivity index (χ0) is 16.4. The topological polar surface area (TPSA) is 58.2 Å². The third kappa shape index (κ3) is 10.1. The largest absolute Gasteiger partial charge is 0.354 e. The van der Waals surface area contributed by atoms with Crippen LogP contribution >= 0.6 is 0 Å². The Morgan fingerprint density at radius 3 is 2.05 bits per heavy atom. The van der Waals surface area contributed by atoms with Crippen LogP contribution in [0.15, 0.2) is 12.2 Å². The van der Waals surface area contributed by atoms with Gasteiger partial charge in [-0.05, 0) is 43.6 Å². The molecule has 122 valence electrons. The maximum Gasteiger partial charge on any atom is 0.244 e. The Labute approximate surface area is 129 Å². The van der Waals surface area contributed by atoms with Crippen LogP contribution in [0.1, 0.15) is 54.4 Å². The molecule has 0 aliphatic carbocycles. The Bertz CT molecular complexity index is 349. The predicted molar refractivity (Wildman–Crippen MR) is 87.8 cm³/mol. The number of hydrogen-bond acceptors (Lipinski definition) is 2. The first-order valence-corrected chi connectivity index (χ1v) is 7.97. The monoisotopic (exact) mass is 296 g/mol. The smallest absolute Gasteiger partial charge is 0.244 e. The highest BCUT2D eigenvalue weighted by atomic mass is 16.2. The van der Waals surface area contributed by atoms with Crippen LogP contribution in [0.25, 0.3) is 0 Å². The molecule has 2 atom stereocenters. The Hall–Kier alpha value is -1.32. The molecule has 4 heteroatoms. The minimum atomic E-state index is -0.458. The minimum Gasteiger partial charge on any atom is -0.354 e. The lowest BCUT2D eigenvalue weighted by molar-refractivity contribution is -0.127. The fourth-order valence-electron chi connectivity index (χ4n) is 2.36. The van der Waals surface area contributed by atoms with Gasteiger partial charge in [0.1, 0.15) is 6.04 Å². The molecule has 1 unspecified atom stereocenters. The summed E-state index contributed by atoms with van der Waals surface area (Å²) in [6.45, 7) is 13.0. The van der Waals surface area contributed by atoms with E-state index < -0.39 is 6.04 Å². The summed E-state index contributed by atoms with van der Waals surface area (Å²) in [5, 5.41) is 5.74. The van der Waals surface area contributed by atoms with Gasteiger partial charge in [0.05, 0.1) is 0 Å². The number of allylic oxidation sites excluding steroid dienone is 1. The number of carbonyl (C=O) groups excluding carboxylic acids is 2. The molecular formula is C17H32N2O2. The van der Waals surface area contributed by atoms with Crippen LogP contribution in [-0.4, -0.2) is 24.4 Å². The molecule has 0 heterocycles. The third-order valence-corrected chi connectivity index (χ3v) is 3.16. The lowest BCUT2D eigenvalue weighted by atomic mass is 9.98. The maximum atomic E-state index is 12.3. The van der Waals surface area contributed by atoms with E-state index in [1.807, 2.05) is 13.8 Å². The number of hydrogen-bond donors (Lipinski definition) is 2. The quantitative estimate of drug-likeness (QED) is 0.643. The van der Waals surface area contributed by atoms with Gasteiger partial charge in [0.2, 0.25) is 11.8 Å². The predicted octanol–water partition coefficient (Wildman–Crippen LogP) is 2.89. The van der Waals surface area contributed by atoms with Crippen molar-refractivity contribution in [3.05, 3.63) is 12.2 Å². The molecule has 2 N–H and O–H groups in total. The summed E-state index contributed by atoms with van der Waals surface area (Å²) in [6.07, 6.45) is 4.85. The maximum absolute atomic E-state index is 12.3. The van der Waals surface area contributed by atoms with Crippen molar-refractivity contribution in [1.82, 2.24) is 10.6 Å². The van der Waals surface area contributed by atoms with Gasteiger partial charge in [-0.15, -0.1) is 0 Å². The van der Waals surface area contributed by atoms with E-state index in [9.17, 15) is 9.59 Å². The zero-order valence-corrected chi connectivity index (χ0v) is 14.4. The van der Waals surface area contributed by atoms with Crippen molar-refractivity contribution in [2.45, 2.75) is 60.4 Å². The van der Waals surface area contributed by atoms with Gasteiger partial charge in [-0.3, -0.25) is 9.59 Å². The van der Waals surface area contributed by atoms with Gasteiger partial charge >= 0.3 is 0 Å².